The van der Waals surface area contributed by atoms with Crippen LogP contribution in [0.1, 0.15) is 25.3 Å². The number of Topliss-reactive ketones (excluding diaryl/α,β-unsaturated/α-hetero) is 1. The molecule has 17 heavy (non-hydrogen) atoms. The van der Waals surface area contributed by atoms with E-state index >= 15 is 0 Å². The van der Waals surface area contributed by atoms with Crippen LogP contribution in [0.3, 0.4) is 0 Å². The van der Waals surface area contributed by atoms with Gasteiger partial charge in [0.1, 0.15) is 5.78 Å². The number of nitrogens with zero attached hydrogens (tertiary/aromatic N) is 2. The lowest BCUT2D eigenvalue weighted by Crippen LogP contribution is -1.97. The Morgan fingerprint density at radius 2 is 2.06 bits per heavy atom. The summed E-state index contributed by atoms with van der Waals surface area (Å²) >= 11 is 0. The molecule has 1 heterocycles. The third-order valence-corrected chi connectivity index (χ3v) is 2.74. The van der Waals surface area contributed by atoms with Crippen LogP contribution in [0.4, 0.5) is 0 Å². The Morgan fingerprint density at radius 3 is 2.76 bits per heavy atom. The van der Waals surface area contributed by atoms with Gasteiger partial charge in [-0.3, -0.25) is 4.79 Å². The first kappa shape index (κ1) is 11.6. The average molecular weight is 228 g/mol. The zero-order valence-corrected chi connectivity index (χ0v) is 9.97. The minimum Gasteiger partial charge on any atom is -0.300 e. The highest BCUT2D eigenvalue weighted by molar-refractivity contribution is 5.78. The number of ketones is 1. The van der Waals surface area contributed by atoms with Crippen LogP contribution in [0.15, 0.2) is 42.7 Å². The summed E-state index contributed by atoms with van der Waals surface area (Å²) in [6.07, 6.45) is 5.82. The van der Waals surface area contributed by atoms with Gasteiger partial charge in [0.2, 0.25) is 0 Å². The molecule has 0 amide bonds. The van der Waals surface area contributed by atoms with Gasteiger partial charge in [0.15, 0.2) is 0 Å². The van der Waals surface area contributed by atoms with E-state index < -0.39 is 0 Å². The van der Waals surface area contributed by atoms with Crippen molar-refractivity contribution in [2.24, 2.45) is 0 Å². The molecule has 3 nitrogen and oxygen atoms in total. The molecule has 2 rings (SSSR count). The number of aryl methyl sites for hydroxylation is 1. The number of carbonyl (C=O) groups is 1. The molecule has 2 aromatic rings. The van der Waals surface area contributed by atoms with Gasteiger partial charge in [-0.2, -0.15) is 5.10 Å². The van der Waals surface area contributed by atoms with Crippen molar-refractivity contribution in [1.82, 2.24) is 9.78 Å². The minimum absolute atomic E-state index is 0.303. The molecule has 88 valence electrons. The lowest BCUT2D eigenvalue weighted by atomic mass is 10.1. The average Bonchev–Trinajstić information content (AvgIpc) is 2.86. The summed E-state index contributed by atoms with van der Waals surface area (Å²) in [6, 6.07) is 9.96. The second-order valence-corrected chi connectivity index (χ2v) is 4.02. The maximum Gasteiger partial charge on any atom is 0.132 e. The van der Waals surface area contributed by atoms with E-state index in [9.17, 15) is 4.79 Å². The van der Waals surface area contributed by atoms with E-state index in [1.807, 2.05) is 54.3 Å². The van der Waals surface area contributed by atoms with E-state index in [0.717, 1.165) is 17.7 Å². The molecule has 1 aromatic heterocycles. The second-order valence-electron chi connectivity index (χ2n) is 4.02. The van der Waals surface area contributed by atoms with Crippen molar-refractivity contribution < 1.29 is 4.79 Å². The van der Waals surface area contributed by atoms with Crippen molar-refractivity contribution in [3.63, 3.8) is 0 Å². The van der Waals surface area contributed by atoms with E-state index in [1.54, 1.807) is 0 Å². The molecule has 0 bridgehead atoms. The van der Waals surface area contributed by atoms with Crippen LogP contribution < -0.4 is 0 Å². The molecule has 0 saturated carbocycles. The standard InChI is InChI=1S/C14H16N2O/c1-2-14(17)9-8-12-10-15-16(11-12)13-6-4-3-5-7-13/h3-7,10-11H,2,8-9H2,1H3. The monoisotopic (exact) mass is 228 g/mol. The van der Waals surface area contributed by atoms with Crippen LogP contribution in [0.25, 0.3) is 5.69 Å². The molecule has 0 aliphatic heterocycles. The fourth-order valence-corrected chi connectivity index (χ4v) is 1.67. The quantitative estimate of drug-likeness (QED) is 0.788. The van der Waals surface area contributed by atoms with E-state index in [-0.39, 0.29) is 0 Å². The van der Waals surface area contributed by atoms with Gasteiger partial charge in [-0.05, 0) is 24.1 Å². The van der Waals surface area contributed by atoms with Crippen molar-refractivity contribution in [1.29, 1.82) is 0 Å². The first-order valence-corrected chi connectivity index (χ1v) is 5.90. The third-order valence-electron chi connectivity index (χ3n) is 2.74. The Bertz CT molecular complexity index is 488. The predicted molar refractivity (Wildman–Crippen MR) is 67.2 cm³/mol. The number of aromatic nitrogens is 2. The fraction of sp³-hybridized carbons (Fsp3) is 0.286. The molecule has 0 aliphatic carbocycles. The van der Waals surface area contributed by atoms with Crippen molar-refractivity contribution in [2.45, 2.75) is 26.2 Å². The maximum atomic E-state index is 11.2. The molecule has 0 radical (unpaired) electrons. The van der Waals surface area contributed by atoms with E-state index in [1.165, 1.54) is 0 Å². The summed E-state index contributed by atoms with van der Waals surface area (Å²) in [5.41, 5.74) is 2.15. The maximum absolute atomic E-state index is 11.2. The van der Waals surface area contributed by atoms with Gasteiger partial charge in [0.05, 0.1) is 11.9 Å². The predicted octanol–water partition coefficient (Wildman–Crippen LogP) is 2.78. The van der Waals surface area contributed by atoms with Crippen molar-refractivity contribution in [2.75, 3.05) is 0 Å². The lowest BCUT2D eigenvalue weighted by Gasteiger charge is -1.99. The molecule has 0 atom stereocenters. The van der Waals surface area contributed by atoms with Gasteiger partial charge in [-0.1, -0.05) is 25.1 Å². The van der Waals surface area contributed by atoms with E-state index in [4.69, 9.17) is 0 Å². The molecule has 0 aliphatic rings. The summed E-state index contributed by atoms with van der Waals surface area (Å²) in [5, 5.41) is 4.30. The van der Waals surface area contributed by atoms with Gasteiger partial charge < -0.3 is 0 Å². The van der Waals surface area contributed by atoms with Gasteiger partial charge in [0, 0.05) is 19.0 Å². The van der Waals surface area contributed by atoms with Crippen molar-refractivity contribution >= 4 is 5.78 Å². The molecule has 1 aromatic carbocycles. The Balaban J connectivity index is 2.04. The molecule has 0 unspecified atom stereocenters. The Hall–Kier alpha value is -1.90. The van der Waals surface area contributed by atoms with Gasteiger partial charge >= 0.3 is 0 Å². The summed E-state index contributed by atoms with van der Waals surface area (Å²) in [5.74, 6) is 0.303. The van der Waals surface area contributed by atoms with Crippen molar-refractivity contribution in [3.05, 3.63) is 48.3 Å². The number of hydrogen-bond donors (Lipinski definition) is 0. The highest BCUT2D eigenvalue weighted by Crippen LogP contribution is 2.09. The molecule has 0 spiro atoms. The smallest absolute Gasteiger partial charge is 0.132 e. The zero-order valence-electron chi connectivity index (χ0n) is 9.97. The summed E-state index contributed by atoms with van der Waals surface area (Å²) in [7, 11) is 0. The van der Waals surface area contributed by atoms with Crippen LogP contribution in [0.2, 0.25) is 0 Å². The number of rotatable bonds is 5. The molecule has 0 saturated heterocycles. The van der Waals surface area contributed by atoms with Gasteiger partial charge in [0.25, 0.3) is 0 Å². The highest BCUT2D eigenvalue weighted by atomic mass is 16.1. The van der Waals surface area contributed by atoms with Crippen LogP contribution in [-0.2, 0) is 11.2 Å². The third kappa shape index (κ3) is 3.03. The fourth-order valence-electron chi connectivity index (χ4n) is 1.67. The second kappa shape index (κ2) is 5.43. The number of hydrogen-bond acceptors (Lipinski definition) is 2. The SMILES string of the molecule is CCC(=O)CCc1cnn(-c2ccccc2)c1. The summed E-state index contributed by atoms with van der Waals surface area (Å²) < 4.78 is 1.84. The topological polar surface area (TPSA) is 34.9 Å². The first-order chi connectivity index (χ1) is 8.29. The first-order valence-electron chi connectivity index (χ1n) is 5.90. The Kier molecular flexibility index (Phi) is 3.70. The number of para-hydroxylation sites is 1. The summed E-state index contributed by atoms with van der Waals surface area (Å²) in [4.78, 5) is 11.2. The Morgan fingerprint density at radius 1 is 1.29 bits per heavy atom. The van der Waals surface area contributed by atoms with Gasteiger partial charge in [-0.25, -0.2) is 4.68 Å². The van der Waals surface area contributed by atoms with Crippen molar-refractivity contribution in [3.8, 4) is 5.69 Å². The largest absolute Gasteiger partial charge is 0.300 e. The normalized spacial score (nSPS) is 10.4. The molecule has 0 fully saturated rings. The van der Waals surface area contributed by atoms with Crippen LogP contribution in [0, 0.1) is 0 Å². The van der Waals surface area contributed by atoms with Gasteiger partial charge in [-0.15, -0.1) is 0 Å². The summed E-state index contributed by atoms with van der Waals surface area (Å²) in [6.45, 7) is 1.90. The number of carbonyl (C=O) groups excluding carboxylic acids is 1. The van der Waals surface area contributed by atoms with Crippen LogP contribution in [-0.4, -0.2) is 15.6 Å². The Labute approximate surface area is 101 Å². The van der Waals surface area contributed by atoms with E-state index in [0.29, 0.717) is 18.6 Å². The van der Waals surface area contributed by atoms with Crippen LogP contribution in [0.5, 0.6) is 0 Å². The number of benzene rings is 1. The molecule has 0 N–H and O–H groups in total. The minimum atomic E-state index is 0.303. The zero-order chi connectivity index (χ0) is 12.1. The molecular weight excluding hydrogens is 212 g/mol. The lowest BCUT2D eigenvalue weighted by molar-refractivity contribution is -0.118. The highest BCUT2D eigenvalue weighted by Gasteiger charge is 2.03. The molecular formula is C14H16N2O. The molecule has 3 heteroatoms. The van der Waals surface area contributed by atoms with Crippen LogP contribution >= 0.6 is 0 Å². The van der Waals surface area contributed by atoms with E-state index in [2.05, 4.69) is 5.10 Å².